The van der Waals surface area contributed by atoms with Crippen LogP contribution in [0.25, 0.3) is 16.9 Å². The number of nitrogens with zero attached hydrogens (tertiary/aromatic N) is 3. The highest BCUT2D eigenvalue weighted by Crippen LogP contribution is 2.29. The van der Waals surface area contributed by atoms with Crippen molar-refractivity contribution >= 4 is 23.3 Å². The third kappa shape index (κ3) is 3.60. The number of halogens is 1. The molecule has 140 valence electrons. The number of methoxy groups -OCH3 is 1. The number of amides is 1. The molecule has 1 amide bonds. The molecule has 0 aliphatic heterocycles. The Morgan fingerprint density at radius 3 is 2.75 bits per heavy atom. The number of H-pyrrole nitrogens is 1. The van der Waals surface area contributed by atoms with Gasteiger partial charge in [-0.1, -0.05) is 23.7 Å². The number of benzene rings is 2. The first-order chi connectivity index (χ1) is 13.6. The van der Waals surface area contributed by atoms with Gasteiger partial charge in [0.2, 0.25) is 0 Å². The summed E-state index contributed by atoms with van der Waals surface area (Å²) >= 11 is 5.90. The zero-order valence-electron chi connectivity index (χ0n) is 14.9. The molecule has 0 unspecified atom stereocenters. The number of hydrogen-bond acceptors (Lipinski definition) is 4. The predicted molar refractivity (Wildman–Crippen MR) is 107 cm³/mol. The first-order valence-corrected chi connectivity index (χ1v) is 8.82. The Morgan fingerprint density at radius 1 is 1.18 bits per heavy atom. The maximum Gasteiger partial charge on any atom is 0.260 e. The lowest BCUT2D eigenvalue weighted by Crippen LogP contribution is -2.11. The molecule has 0 bridgehead atoms. The van der Waals surface area contributed by atoms with Crippen molar-refractivity contribution in [2.24, 2.45) is 0 Å². The number of ether oxygens (including phenoxy) is 1. The van der Waals surface area contributed by atoms with E-state index in [1.54, 1.807) is 36.2 Å². The second-order valence-corrected chi connectivity index (χ2v) is 6.41. The molecular formula is C20H16ClN5O2. The smallest absolute Gasteiger partial charge is 0.260 e. The van der Waals surface area contributed by atoms with Crippen LogP contribution in [-0.4, -0.2) is 33.0 Å². The number of aromatic nitrogens is 4. The summed E-state index contributed by atoms with van der Waals surface area (Å²) in [5, 5.41) is 14.7. The van der Waals surface area contributed by atoms with Crippen LogP contribution >= 0.6 is 11.6 Å². The molecule has 0 aliphatic carbocycles. The topological polar surface area (TPSA) is 84.8 Å². The molecule has 0 saturated carbocycles. The summed E-state index contributed by atoms with van der Waals surface area (Å²) in [5.41, 5.74) is 2.82. The number of hydrogen-bond donors (Lipinski definition) is 2. The maximum absolute atomic E-state index is 12.5. The summed E-state index contributed by atoms with van der Waals surface area (Å²) in [6, 6.07) is 16.5. The van der Waals surface area contributed by atoms with Crippen LogP contribution in [0, 0.1) is 0 Å². The van der Waals surface area contributed by atoms with Crippen molar-refractivity contribution in [1.82, 2.24) is 20.0 Å². The molecule has 0 saturated heterocycles. The van der Waals surface area contributed by atoms with E-state index in [0.717, 1.165) is 16.9 Å². The lowest BCUT2D eigenvalue weighted by Gasteiger charge is -2.05. The predicted octanol–water partition coefficient (Wildman–Crippen LogP) is 4.18. The molecule has 4 aromatic rings. The van der Waals surface area contributed by atoms with Crippen LogP contribution in [0.3, 0.4) is 0 Å². The van der Waals surface area contributed by atoms with Gasteiger partial charge in [0.25, 0.3) is 5.91 Å². The first-order valence-electron chi connectivity index (χ1n) is 8.45. The summed E-state index contributed by atoms with van der Waals surface area (Å²) in [4.78, 5) is 12.5. The van der Waals surface area contributed by atoms with E-state index < -0.39 is 0 Å². The second kappa shape index (κ2) is 7.58. The van der Waals surface area contributed by atoms with Crippen LogP contribution < -0.4 is 10.1 Å². The van der Waals surface area contributed by atoms with Gasteiger partial charge >= 0.3 is 0 Å². The minimum atomic E-state index is -0.307. The van der Waals surface area contributed by atoms with Crippen molar-refractivity contribution in [2.45, 2.75) is 0 Å². The maximum atomic E-state index is 12.5. The molecule has 2 aromatic carbocycles. The normalized spacial score (nSPS) is 10.6. The monoisotopic (exact) mass is 393 g/mol. The Hall–Kier alpha value is -3.58. The molecule has 28 heavy (non-hydrogen) atoms. The molecule has 0 spiro atoms. The van der Waals surface area contributed by atoms with Crippen LogP contribution in [0.4, 0.5) is 5.82 Å². The molecule has 0 radical (unpaired) electrons. The van der Waals surface area contributed by atoms with E-state index >= 15 is 0 Å². The van der Waals surface area contributed by atoms with E-state index in [9.17, 15) is 4.79 Å². The molecular weight excluding hydrogens is 378 g/mol. The Labute approximate surface area is 165 Å². The van der Waals surface area contributed by atoms with Crippen molar-refractivity contribution < 1.29 is 9.53 Å². The highest BCUT2D eigenvalue weighted by Gasteiger charge is 2.13. The molecule has 0 fully saturated rings. The van der Waals surface area contributed by atoms with Crippen molar-refractivity contribution in [1.29, 1.82) is 0 Å². The largest absolute Gasteiger partial charge is 0.496 e. The Kier molecular flexibility index (Phi) is 4.82. The van der Waals surface area contributed by atoms with E-state index in [2.05, 4.69) is 20.6 Å². The molecule has 7 nitrogen and oxygen atoms in total. The molecule has 2 N–H and O–H groups in total. The van der Waals surface area contributed by atoms with Crippen LogP contribution in [0.1, 0.15) is 10.4 Å². The number of para-hydroxylation sites is 1. The van der Waals surface area contributed by atoms with Crippen LogP contribution in [0.5, 0.6) is 5.75 Å². The van der Waals surface area contributed by atoms with Crippen LogP contribution in [0.2, 0.25) is 5.02 Å². The van der Waals surface area contributed by atoms with E-state index in [1.807, 2.05) is 36.4 Å². The fourth-order valence-corrected chi connectivity index (χ4v) is 2.88. The second-order valence-electron chi connectivity index (χ2n) is 5.97. The van der Waals surface area contributed by atoms with Gasteiger partial charge in [0.05, 0.1) is 30.3 Å². The minimum absolute atomic E-state index is 0.307. The number of carbonyl (C=O) groups excluding carboxylic acids is 1. The molecule has 0 aliphatic rings. The first kappa shape index (κ1) is 17.8. The van der Waals surface area contributed by atoms with Gasteiger partial charge < -0.3 is 10.1 Å². The zero-order valence-corrected chi connectivity index (χ0v) is 15.6. The lowest BCUT2D eigenvalue weighted by atomic mass is 10.1. The van der Waals surface area contributed by atoms with Crippen molar-refractivity contribution in [3.05, 3.63) is 77.6 Å². The molecule has 2 aromatic heterocycles. The van der Waals surface area contributed by atoms with Crippen LogP contribution in [0.15, 0.2) is 67.0 Å². The Balaban J connectivity index is 1.50. The van der Waals surface area contributed by atoms with Crippen molar-refractivity contribution in [3.8, 4) is 22.7 Å². The number of carbonyl (C=O) groups is 1. The van der Waals surface area contributed by atoms with E-state index in [-0.39, 0.29) is 5.91 Å². The number of nitrogens with one attached hydrogen (secondary N) is 2. The fourth-order valence-electron chi connectivity index (χ4n) is 2.75. The van der Waals surface area contributed by atoms with Crippen LogP contribution in [-0.2, 0) is 0 Å². The minimum Gasteiger partial charge on any atom is -0.496 e. The summed E-state index contributed by atoms with van der Waals surface area (Å²) in [6.07, 6.45) is 3.14. The average molecular weight is 394 g/mol. The van der Waals surface area contributed by atoms with Gasteiger partial charge in [-0.15, -0.1) is 0 Å². The van der Waals surface area contributed by atoms with E-state index in [1.165, 1.54) is 6.20 Å². The van der Waals surface area contributed by atoms with Gasteiger partial charge in [-0.05, 0) is 36.4 Å². The number of rotatable bonds is 5. The quantitative estimate of drug-likeness (QED) is 0.532. The van der Waals surface area contributed by atoms with Gasteiger partial charge in [-0.25, -0.2) is 4.68 Å². The summed E-state index contributed by atoms with van der Waals surface area (Å²) in [6.45, 7) is 0. The van der Waals surface area contributed by atoms with Crippen molar-refractivity contribution in [2.75, 3.05) is 12.4 Å². The van der Waals surface area contributed by atoms with Gasteiger partial charge in [0.15, 0.2) is 5.82 Å². The Morgan fingerprint density at radius 2 is 1.96 bits per heavy atom. The highest BCUT2D eigenvalue weighted by atomic mass is 35.5. The molecule has 4 rings (SSSR count). The lowest BCUT2D eigenvalue weighted by molar-refractivity contribution is 0.102. The van der Waals surface area contributed by atoms with Gasteiger partial charge in [0, 0.05) is 22.8 Å². The van der Waals surface area contributed by atoms with Gasteiger partial charge in [-0.3, -0.25) is 9.89 Å². The molecule has 2 heterocycles. The number of anilines is 1. The van der Waals surface area contributed by atoms with E-state index in [0.29, 0.717) is 22.2 Å². The number of aromatic amines is 1. The Bertz CT molecular complexity index is 1120. The fraction of sp³-hybridized carbons (Fsp3) is 0.0500. The third-order valence-corrected chi connectivity index (χ3v) is 4.40. The molecule has 0 atom stereocenters. The van der Waals surface area contributed by atoms with Crippen molar-refractivity contribution in [3.63, 3.8) is 0 Å². The standard InChI is InChI=1S/C20H16ClN5O2/c1-28-18-5-3-2-4-16(18)17-10-19(25-24-17)23-20(27)13-11-22-26(12-13)15-8-6-14(21)7-9-15/h2-12H,1H3,(H2,23,24,25,27). The van der Waals surface area contributed by atoms with Gasteiger partial charge in [-0.2, -0.15) is 10.2 Å². The summed E-state index contributed by atoms with van der Waals surface area (Å²) in [5.74, 6) is 0.816. The van der Waals surface area contributed by atoms with E-state index in [4.69, 9.17) is 16.3 Å². The highest BCUT2D eigenvalue weighted by molar-refractivity contribution is 6.30. The third-order valence-electron chi connectivity index (χ3n) is 4.15. The zero-order chi connectivity index (χ0) is 19.5. The average Bonchev–Trinajstić information content (AvgIpc) is 3.38. The summed E-state index contributed by atoms with van der Waals surface area (Å²) in [7, 11) is 1.61. The summed E-state index contributed by atoms with van der Waals surface area (Å²) < 4.78 is 6.96. The molecule has 8 heteroatoms. The SMILES string of the molecule is COc1ccccc1-c1cc(NC(=O)c2cnn(-c3ccc(Cl)cc3)c2)n[nH]1. The van der Waals surface area contributed by atoms with Gasteiger partial charge in [0.1, 0.15) is 5.75 Å².